The van der Waals surface area contributed by atoms with E-state index in [0.717, 1.165) is 11.1 Å². The molecule has 0 radical (unpaired) electrons. The smallest absolute Gasteiger partial charge is 0.313 e. The van der Waals surface area contributed by atoms with Crippen LogP contribution in [0.4, 0.5) is 10.1 Å². The maximum Gasteiger partial charge on any atom is 0.313 e. The second kappa shape index (κ2) is 8.94. The minimum absolute atomic E-state index is 0.0316. The Bertz CT molecular complexity index is 735. The van der Waals surface area contributed by atoms with E-state index in [1.807, 2.05) is 30.3 Å². The van der Waals surface area contributed by atoms with E-state index in [-0.39, 0.29) is 24.8 Å². The van der Waals surface area contributed by atoms with Gasteiger partial charge in [0.1, 0.15) is 5.82 Å². The highest BCUT2D eigenvalue weighted by atomic mass is 19.1. The zero-order valence-electron chi connectivity index (χ0n) is 14.0. The third-order valence-corrected chi connectivity index (χ3v) is 3.83. The highest BCUT2D eigenvalue weighted by molar-refractivity contribution is 6.39. The number of carbonyl (C=O) groups excluding carboxylic acids is 2. The van der Waals surface area contributed by atoms with Crippen molar-refractivity contribution in [2.24, 2.45) is 0 Å². The molecule has 0 aliphatic rings. The third-order valence-electron chi connectivity index (χ3n) is 3.83. The van der Waals surface area contributed by atoms with Crippen molar-refractivity contribution >= 4 is 17.5 Å². The van der Waals surface area contributed by atoms with Gasteiger partial charge in [0.2, 0.25) is 0 Å². The summed E-state index contributed by atoms with van der Waals surface area (Å²) in [5, 5.41) is 14.0. The van der Waals surface area contributed by atoms with Gasteiger partial charge in [-0.15, -0.1) is 0 Å². The Morgan fingerprint density at radius 1 is 1.12 bits per heavy atom. The van der Waals surface area contributed by atoms with Crippen molar-refractivity contribution in [1.29, 1.82) is 0 Å². The molecule has 3 N–H and O–H groups in total. The van der Waals surface area contributed by atoms with E-state index in [0.29, 0.717) is 6.42 Å². The number of hydrogen-bond acceptors (Lipinski definition) is 3. The van der Waals surface area contributed by atoms with Crippen molar-refractivity contribution in [3.63, 3.8) is 0 Å². The van der Waals surface area contributed by atoms with Gasteiger partial charge in [0.15, 0.2) is 0 Å². The van der Waals surface area contributed by atoms with Crippen molar-refractivity contribution in [3.05, 3.63) is 65.5 Å². The van der Waals surface area contributed by atoms with Crippen LogP contribution in [0.25, 0.3) is 0 Å². The molecule has 0 aliphatic heterocycles. The third kappa shape index (κ3) is 5.39. The zero-order chi connectivity index (χ0) is 18.2. The molecule has 6 heteroatoms. The highest BCUT2D eigenvalue weighted by Gasteiger charge is 2.18. The van der Waals surface area contributed by atoms with Crippen LogP contribution in [0.1, 0.15) is 23.5 Å². The van der Waals surface area contributed by atoms with Crippen LogP contribution in [0.15, 0.2) is 48.5 Å². The molecule has 0 fully saturated rings. The average Bonchev–Trinajstić information content (AvgIpc) is 2.62. The number of rotatable bonds is 6. The first kappa shape index (κ1) is 18.6. The Kier molecular flexibility index (Phi) is 6.65. The highest BCUT2D eigenvalue weighted by Crippen LogP contribution is 2.18. The largest absolute Gasteiger partial charge is 0.396 e. The summed E-state index contributed by atoms with van der Waals surface area (Å²) < 4.78 is 13.7. The summed E-state index contributed by atoms with van der Waals surface area (Å²) in [5.41, 5.74) is 1.70. The fraction of sp³-hybridized carbons (Fsp3) is 0.263. The summed E-state index contributed by atoms with van der Waals surface area (Å²) >= 11 is 0. The van der Waals surface area contributed by atoms with Crippen molar-refractivity contribution in [2.75, 3.05) is 18.5 Å². The molecule has 2 amide bonds. The first-order valence-electron chi connectivity index (χ1n) is 8.02. The monoisotopic (exact) mass is 344 g/mol. The van der Waals surface area contributed by atoms with Crippen LogP contribution in [0.3, 0.4) is 0 Å². The quantitative estimate of drug-likeness (QED) is 0.704. The standard InChI is InChI=1S/C19H21FN2O3/c1-13-7-8-16(20)17(11-13)22-19(25)18(24)21-12-15(9-10-23)14-5-3-2-4-6-14/h2-8,11,15,23H,9-10,12H2,1H3,(H,21,24)(H,22,25)/t15-/m0/s1. The molecule has 0 saturated heterocycles. The van der Waals surface area contributed by atoms with Crippen LogP contribution >= 0.6 is 0 Å². The SMILES string of the molecule is Cc1ccc(F)c(NC(=O)C(=O)NC[C@H](CCO)c2ccccc2)c1. The van der Waals surface area contributed by atoms with Crippen molar-refractivity contribution in [2.45, 2.75) is 19.3 Å². The van der Waals surface area contributed by atoms with Crippen LogP contribution in [-0.2, 0) is 9.59 Å². The number of halogens is 1. The molecule has 25 heavy (non-hydrogen) atoms. The number of anilines is 1. The van der Waals surface area contributed by atoms with Gasteiger partial charge < -0.3 is 15.7 Å². The van der Waals surface area contributed by atoms with Crippen LogP contribution in [0.5, 0.6) is 0 Å². The van der Waals surface area contributed by atoms with E-state index < -0.39 is 17.6 Å². The van der Waals surface area contributed by atoms with Gasteiger partial charge in [-0.25, -0.2) is 4.39 Å². The van der Waals surface area contributed by atoms with Gasteiger partial charge in [0.05, 0.1) is 5.69 Å². The van der Waals surface area contributed by atoms with Gasteiger partial charge in [-0.1, -0.05) is 36.4 Å². The Labute approximate surface area is 145 Å². The number of aliphatic hydroxyl groups excluding tert-OH is 1. The molecule has 0 aromatic heterocycles. The van der Waals surface area contributed by atoms with Crippen molar-refractivity contribution < 1.29 is 19.1 Å². The molecule has 0 heterocycles. The fourth-order valence-electron chi connectivity index (χ4n) is 2.48. The fourth-order valence-corrected chi connectivity index (χ4v) is 2.48. The Morgan fingerprint density at radius 3 is 2.52 bits per heavy atom. The lowest BCUT2D eigenvalue weighted by molar-refractivity contribution is -0.136. The first-order chi connectivity index (χ1) is 12.0. The molecule has 1 atom stereocenters. The van der Waals surface area contributed by atoms with Gasteiger partial charge in [0.25, 0.3) is 0 Å². The second-order valence-electron chi connectivity index (χ2n) is 5.77. The molecule has 5 nitrogen and oxygen atoms in total. The Morgan fingerprint density at radius 2 is 1.84 bits per heavy atom. The maximum atomic E-state index is 13.7. The normalized spacial score (nSPS) is 11.6. The predicted octanol–water partition coefficient (Wildman–Crippen LogP) is 2.36. The minimum atomic E-state index is -0.930. The predicted molar refractivity (Wildman–Crippen MR) is 93.7 cm³/mol. The molecule has 2 aromatic rings. The van der Waals surface area contributed by atoms with Gasteiger partial charge in [-0.05, 0) is 36.6 Å². The average molecular weight is 344 g/mol. The lowest BCUT2D eigenvalue weighted by Gasteiger charge is -2.17. The summed E-state index contributed by atoms with van der Waals surface area (Å²) in [7, 11) is 0. The van der Waals surface area contributed by atoms with Gasteiger partial charge in [-0.3, -0.25) is 9.59 Å². The first-order valence-corrected chi connectivity index (χ1v) is 8.02. The number of nitrogens with one attached hydrogen (secondary N) is 2. The summed E-state index contributed by atoms with van der Waals surface area (Å²) in [6.07, 6.45) is 0.457. The summed E-state index contributed by atoms with van der Waals surface area (Å²) in [6.45, 7) is 1.93. The molecular formula is C19H21FN2O3. The number of carbonyl (C=O) groups is 2. The van der Waals surface area contributed by atoms with Crippen LogP contribution in [0, 0.1) is 12.7 Å². The van der Waals surface area contributed by atoms with Crippen LogP contribution in [-0.4, -0.2) is 30.1 Å². The van der Waals surface area contributed by atoms with Gasteiger partial charge in [-0.2, -0.15) is 0 Å². The number of aryl methyl sites for hydroxylation is 1. The Balaban J connectivity index is 1.96. The summed E-state index contributed by atoms with van der Waals surface area (Å²) in [4.78, 5) is 23.9. The number of hydrogen-bond donors (Lipinski definition) is 3. The molecule has 2 rings (SSSR count). The molecule has 2 aromatic carbocycles. The topological polar surface area (TPSA) is 78.4 Å². The maximum absolute atomic E-state index is 13.7. The molecule has 0 aliphatic carbocycles. The minimum Gasteiger partial charge on any atom is -0.396 e. The number of aliphatic hydroxyl groups is 1. The molecule has 0 spiro atoms. The van der Waals surface area contributed by atoms with Gasteiger partial charge >= 0.3 is 11.8 Å². The van der Waals surface area contributed by atoms with E-state index in [2.05, 4.69) is 10.6 Å². The molecule has 0 unspecified atom stereocenters. The summed E-state index contributed by atoms with van der Waals surface area (Å²) in [5.74, 6) is -2.49. The number of amides is 2. The van der Waals surface area contributed by atoms with Crippen LogP contribution in [0.2, 0.25) is 0 Å². The van der Waals surface area contributed by atoms with E-state index in [1.54, 1.807) is 13.0 Å². The second-order valence-corrected chi connectivity index (χ2v) is 5.77. The lowest BCUT2D eigenvalue weighted by Crippen LogP contribution is -2.38. The molecule has 132 valence electrons. The lowest BCUT2D eigenvalue weighted by atomic mass is 9.96. The van der Waals surface area contributed by atoms with E-state index in [9.17, 15) is 19.1 Å². The molecule has 0 saturated carbocycles. The van der Waals surface area contributed by atoms with Gasteiger partial charge in [0, 0.05) is 19.1 Å². The molecular weight excluding hydrogens is 323 g/mol. The van der Waals surface area contributed by atoms with E-state index >= 15 is 0 Å². The van der Waals surface area contributed by atoms with Crippen molar-refractivity contribution in [3.8, 4) is 0 Å². The van der Waals surface area contributed by atoms with Crippen molar-refractivity contribution in [1.82, 2.24) is 5.32 Å². The number of benzene rings is 2. The summed E-state index contributed by atoms with van der Waals surface area (Å²) in [6, 6.07) is 13.7. The zero-order valence-corrected chi connectivity index (χ0v) is 14.0. The molecule has 0 bridgehead atoms. The Hall–Kier alpha value is -2.73. The van der Waals surface area contributed by atoms with E-state index in [1.165, 1.54) is 12.1 Å². The van der Waals surface area contributed by atoms with E-state index in [4.69, 9.17) is 0 Å². The van der Waals surface area contributed by atoms with Crippen LogP contribution < -0.4 is 10.6 Å².